The lowest BCUT2D eigenvalue weighted by Gasteiger charge is -2.09. The van der Waals surface area contributed by atoms with Gasteiger partial charge in [0.15, 0.2) is 0 Å². The summed E-state index contributed by atoms with van der Waals surface area (Å²) >= 11 is 7.66. The molecule has 0 radical (unpaired) electrons. The monoisotopic (exact) mass is 419 g/mol. The minimum Gasteiger partial charge on any atom is -0.267 e. The van der Waals surface area contributed by atoms with Gasteiger partial charge in [0.05, 0.1) is 23.0 Å². The molecule has 1 amide bonds. The van der Waals surface area contributed by atoms with Crippen molar-refractivity contribution in [1.82, 2.24) is 10.4 Å². The second-order valence-corrected chi connectivity index (χ2v) is 8.07. The predicted octanol–water partition coefficient (Wildman–Crippen LogP) is 5.94. The van der Waals surface area contributed by atoms with E-state index in [0.717, 1.165) is 27.8 Å². The lowest BCUT2D eigenvalue weighted by molar-refractivity contribution is 0.0957. The average Bonchev–Trinajstić information content (AvgIpc) is 3.21. The van der Waals surface area contributed by atoms with Crippen molar-refractivity contribution in [2.45, 2.75) is 13.3 Å². The predicted molar refractivity (Wildman–Crippen MR) is 121 cm³/mol. The van der Waals surface area contributed by atoms with Crippen molar-refractivity contribution in [2.75, 3.05) is 0 Å². The number of hydrazone groups is 1. The van der Waals surface area contributed by atoms with E-state index in [0.29, 0.717) is 16.3 Å². The number of hydrogen-bond donors (Lipinski definition) is 1. The molecule has 0 saturated heterocycles. The molecule has 6 heteroatoms. The summed E-state index contributed by atoms with van der Waals surface area (Å²) in [6, 6.07) is 20.8. The maximum atomic E-state index is 12.9. The van der Waals surface area contributed by atoms with Crippen LogP contribution < -0.4 is 5.43 Å². The SMILES string of the molecule is CCc1ccc(C=NNC(=O)c2cc(-c3ccc(Cl)cc3)nc3ccccc23)s1. The van der Waals surface area contributed by atoms with Gasteiger partial charge in [0.25, 0.3) is 5.91 Å². The van der Waals surface area contributed by atoms with Gasteiger partial charge in [-0.1, -0.05) is 48.9 Å². The number of rotatable bonds is 5. The molecule has 0 aliphatic heterocycles. The van der Waals surface area contributed by atoms with Crippen LogP contribution >= 0.6 is 22.9 Å². The molecule has 2 aromatic heterocycles. The summed E-state index contributed by atoms with van der Waals surface area (Å²) in [5.74, 6) is -0.276. The number of benzene rings is 2. The average molecular weight is 420 g/mol. The smallest absolute Gasteiger partial charge is 0.267 e. The Morgan fingerprint density at radius 3 is 2.69 bits per heavy atom. The summed E-state index contributed by atoms with van der Waals surface area (Å²) in [5.41, 5.74) is 5.52. The first-order valence-corrected chi connectivity index (χ1v) is 10.4. The normalized spacial score (nSPS) is 11.2. The number of thiophene rings is 1. The molecular formula is C23H18ClN3OS. The zero-order valence-electron chi connectivity index (χ0n) is 15.7. The highest BCUT2D eigenvalue weighted by molar-refractivity contribution is 7.13. The first-order chi connectivity index (χ1) is 14.1. The molecule has 0 bridgehead atoms. The van der Waals surface area contributed by atoms with Gasteiger partial charge in [-0.15, -0.1) is 11.3 Å². The topological polar surface area (TPSA) is 54.4 Å². The minimum atomic E-state index is -0.276. The van der Waals surface area contributed by atoms with Gasteiger partial charge >= 0.3 is 0 Å². The summed E-state index contributed by atoms with van der Waals surface area (Å²) in [4.78, 5) is 19.9. The Kier molecular flexibility index (Phi) is 5.69. The second kappa shape index (κ2) is 8.55. The van der Waals surface area contributed by atoms with Crippen LogP contribution in [-0.4, -0.2) is 17.1 Å². The Morgan fingerprint density at radius 2 is 1.93 bits per heavy atom. The van der Waals surface area contributed by atoms with E-state index in [2.05, 4.69) is 23.5 Å². The van der Waals surface area contributed by atoms with Gasteiger partial charge in [-0.25, -0.2) is 10.4 Å². The zero-order valence-corrected chi connectivity index (χ0v) is 17.3. The van der Waals surface area contributed by atoms with Gasteiger partial charge < -0.3 is 0 Å². The van der Waals surface area contributed by atoms with E-state index in [9.17, 15) is 4.79 Å². The Hall–Kier alpha value is -3.02. The highest BCUT2D eigenvalue weighted by atomic mass is 35.5. The molecule has 0 unspecified atom stereocenters. The number of pyridine rings is 1. The fourth-order valence-electron chi connectivity index (χ4n) is 3.00. The molecule has 29 heavy (non-hydrogen) atoms. The molecule has 0 aliphatic rings. The van der Waals surface area contributed by atoms with Gasteiger partial charge in [0, 0.05) is 25.7 Å². The van der Waals surface area contributed by atoms with Gasteiger partial charge in [-0.2, -0.15) is 5.10 Å². The third-order valence-corrected chi connectivity index (χ3v) is 5.91. The molecule has 2 aromatic carbocycles. The number of nitrogens with zero attached hydrogens (tertiary/aromatic N) is 2. The van der Waals surface area contributed by atoms with E-state index in [1.165, 1.54) is 4.88 Å². The first-order valence-electron chi connectivity index (χ1n) is 9.22. The van der Waals surface area contributed by atoms with E-state index in [4.69, 9.17) is 16.6 Å². The minimum absolute atomic E-state index is 0.276. The zero-order chi connectivity index (χ0) is 20.2. The first kappa shape index (κ1) is 19.3. The third-order valence-electron chi connectivity index (χ3n) is 4.49. The quantitative estimate of drug-likeness (QED) is 0.321. The highest BCUT2D eigenvalue weighted by Gasteiger charge is 2.13. The Labute approximate surface area is 177 Å². The van der Waals surface area contributed by atoms with Crippen LogP contribution in [0.3, 0.4) is 0 Å². The number of carbonyl (C=O) groups is 1. The van der Waals surface area contributed by atoms with Crippen LogP contribution in [0.2, 0.25) is 5.02 Å². The van der Waals surface area contributed by atoms with Crippen LogP contribution in [0.1, 0.15) is 27.0 Å². The number of nitrogens with one attached hydrogen (secondary N) is 1. The molecule has 1 N–H and O–H groups in total. The van der Waals surface area contributed by atoms with Crippen LogP contribution in [0.5, 0.6) is 0 Å². The molecule has 0 saturated carbocycles. The van der Waals surface area contributed by atoms with Crippen molar-refractivity contribution >= 4 is 46.0 Å². The van der Waals surface area contributed by atoms with Crippen LogP contribution in [0.4, 0.5) is 0 Å². The third kappa shape index (κ3) is 4.36. The van der Waals surface area contributed by atoms with Crippen LogP contribution in [-0.2, 0) is 6.42 Å². The molecule has 2 heterocycles. The van der Waals surface area contributed by atoms with E-state index in [1.807, 2.05) is 54.6 Å². The maximum absolute atomic E-state index is 12.9. The van der Waals surface area contributed by atoms with Crippen molar-refractivity contribution in [1.29, 1.82) is 0 Å². The Bertz CT molecular complexity index is 1200. The molecule has 0 aliphatic carbocycles. The molecule has 4 aromatic rings. The molecule has 0 atom stereocenters. The Balaban J connectivity index is 1.66. The van der Waals surface area contributed by atoms with Crippen molar-refractivity contribution < 1.29 is 4.79 Å². The standard InChI is InChI=1S/C23H18ClN3OS/c1-2-17-11-12-18(29-17)14-25-27-23(28)20-13-22(15-7-9-16(24)10-8-15)26-21-6-4-3-5-19(20)21/h3-14H,2H2,1H3,(H,27,28). The number of aryl methyl sites for hydroxylation is 1. The summed E-state index contributed by atoms with van der Waals surface area (Å²) < 4.78 is 0. The number of hydrogen-bond acceptors (Lipinski definition) is 4. The van der Waals surface area contributed by atoms with E-state index in [-0.39, 0.29) is 5.91 Å². The summed E-state index contributed by atoms with van der Waals surface area (Å²) in [5, 5.41) is 5.57. The molecule has 0 spiro atoms. The van der Waals surface area contributed by atoms with Crippen molar-refractivity contribution in [3.8, 4) is 11.3 Å². The van der Waals surface area contributed by atoms with Crippen LogP contribution in [0, 0.1) is 0 Å². The Morgan fingerprint density at radius 1 is 1.14 bits per heavy atom. The molecule has 4 rings (SSSR count). The molecule has 0 fully saturated rings. The lowest BCUT2D eigenvalue weighted by atomic mass is 10.0. The fraction of sp³-hybridized carbons (Fsp3) is 0.0870. The number of amides is 1. The van der Waals surface area contributed by atoms with Crippen LogP contribution in [0.15, 0.2) is 71.8 Å². The van der Waals surface area contributed by atoms with Gasteiger partial charge in [0.1, 0.15) is 0 Å². The highest BCUT2D eigenvalue weighted by Crippen LogP contribution is 2.26. The van der Waals surface area contributed by atoms with E-state index in [1.54, 1.807) is 23.6 Å². The lowest BCUT2D eigenvalue weighted by Crippen LogP contribution is -2.18. The summed E-state index contributed by atoms with van der Waals surface area (Å²) in [6.45, 7) is 2.11. The number of halogens is 1. The summed E-state index contributed by atoms with van der Waals surface area (Å²) in [7, 11) is 0. The number of fused-ring (bicyclic) bond motifs is 1. The molecule has 4 nitrogen and oxygen atoms in total. The van der Waals surface area contributed by atoms with Gasteiger partial charge in [0.2, 0.25) is 0 Å². The second-order valence-electron chi connectivity index (χ2n) is 6.44. The van der Waals surface area contributed by atoms with Crippen molar-refractivity contribution in [2.24, 2.45) is 5.10 Å². The van der Waals surface area contributed by atoms with Gasteiger partial charge in [-0.3, -0.25) is 4.79 Å². The molecular weight excluding hydrogens is 402 g/mol. The number of carbonyl (C=O) groups excluding carboxylic acids is 1. The maximum Gasteiger partial charge on any atom is 0.272 e. The van der Waals surface area contributed by atoms with Crippen molar-refractivity contribution in [3.05, 3.63) is 87.1 Å². The van der Waals surface area contributed by atoms with E-state index < -0.39 is 0 Å². The largest absolute Gasteiger partial charge is 0.272 e. The summed E-state index contributed by atoms with van der Waals surface area (Å²) in [6.07, 6.45) is 2.66. The van der Waals surface area contributed by atoms with Crippen molar-refractivity contribution in [3.63, 3.8) is 0 Å². The van der Waals surface area contributed by atoms with E-state index >= 15 is 0 Å². The fourth-order valence-corrected chi connectivity index (χ4v) is 3.95. The molecule has 144 valence electrons. The number of aromatic nitrogens is 1. The van der Waals surface area contributed by atoms with Crippen LogP contribution in [0.25, 0.3) is 22.2 Å². The van der Waals surface area contributed by atoms with Gasteiger partial charge in [-0.05, 0) is 42.8 Å². The number of para-hydroxylation sites is 1.